The molecule has 0 aliphatic carbocycles. The predicted octanol–water partition coefficient (Wildman–Crippen LogP) is 2.52. The SMILES string of the molecule is O=C(O)Cc1ccc2ccc(Cl)cc2n1. The third-order valence-electron chi connectivity index (χ3n) is 2.04. The molecule has 1 heterocycles. The van der Waals surface area contributed by atoms with Gasteiger partial charge in [0.25, 0.3) is 0 Å². The first-order valence-corrected chi connectivity index (χ1v) is 4.80. The van der Waals surface area contributed by atoms with Gasteiger partial charge in [-0.2, -0.15) is 0 Å². The molecule has 4 heteroatoms. The molecule has 1 N–H and O–H groups in total. The molecule has 0 aliphatic heterocycles. The van der Waals surface area contributed by atoms with Gasteiger partial charge < -0.3 is 5.11 Å². The summed E-state index contributed by atoms with van der Waals surface area (Å²) in [7, 11) is 0. The lowest BCUT2D eigenvalue weighted by molar-refractivity contribution is -0.136. The summed E-state index contributed by atoms with van der Waals surface area (Å²) >= 11 is 5.82. The maximum absolute atomic E-state index is 10.5. The van der Waals surface area contributed by atoms with E-state index in [1.807, 2.05) is 12.1 Å². The smallest absolute Gasteiger partial charge is 0.309 e. The van der Waals surface area contributed by atoms with Crippen LogP contribution in [0.25, 0.3) is 10.9 Å². The van der Waals surface area contributed by atoms with Gasteiger partial charge in [0.1, 0.15) is 0 Å². The predicted molar refractivity (Wildman–Crippen MR) is 58.1 cm³/mol. The van der Waals surface area contributed by atoms with E-state index < -0.39 is 5.97 Å². The zero-order valence-corrected chi connectivity index (χ0v) is 8.53. The molecule has 2 rings (SSSR count). The van der Waals surface area contributed by atoms with Gasteiger partial charge in [-0.25, -0.2) is 0 Å². The maximum Gasteiger partial charge on any atom is 0.309 e. The van der Waals surface area contributed by atoms with Gasteiger partial charge in [0, 0.05) is 10.4 Å². The Hall–Kier alpha value is -1.61. The molecule has 1 aromatic carbocycles. The van der Waals surface area contributed by atoms with E-state index in [1.54, 1.807) is 18.2 Å². The summed E-state index contributed by atoms with van der Waals surface area (Å²) in [6, 6.07) is 8.92. The number of aromatic nitrogens is 1. The zero-order chi connectivity index (χ0) is 10.8. The highest BCUT2D eigenvalue weighted by atomic mass is 35.5. The van der Waals surface area contributed by atoms with Crippen LogP contribution in [0.1, 0.15) is 5.69 Å². The lowest BCUT2D eigenvalue weighted by Gasteiger charge is -2.00. The summed E-state index contributed by atoms with van der Waals surface area (Å²) in [5, 5.41) is 10.2. The summed E-state index contributed by atoms with van der Waals surface area (Å²) in [6.45, 7) is 0. The van der Waals surface area contributed by atoms with Gasteiger partial charge in [0.2, 0.25) is 0 Å². The molecule has 0 radical (unpaired) electrons. The fraction of sp³-hybridized carbons (Fsp3) is 0.0909. The molecule has 0 spiro atoms. The number of fused-ring (bicyclic) bond motifs is 1. The fourth-order valence-electron chi connectivity index (χ4n) is 1.39. The molecule has 0 bridgehead atoms. The Bertz CT molecular complexity index is 525. The van der Waals surface area contributed by atoms with Gasteiger partial charge in [0.05, 0.1) is 17.6 Å². The van der Waals surface area contributed by atoms with Crippen molar-refractivity contribution >= 4 is 28.5 Å². The van der Waals surface area contributed by atoms with Gasteiger partial charge in [-0.1, -0.05) is 23.7 Å². The number of benzene rings is 1. The second-order valence-corrected chi connectivity index (χ2v) is 3.65. The van der Waals surface area contributed by atoms with E-state index in [0.29, 0.717) is 10.7 Å². The Labute approximate surface area is 91.3 Å². The second kappa shape index (κ2) is 3.87. The van der Waals surface area contributed by atoms with E-state index in [1.165, 1.54) is 0 Å². The molecule has 0 fully saturated rings. The van der Waals surface area contributed by atoms with Crippen LogP contribution in [-0.4, -0.2) is 16.1 Å². The van der Waals surface area contributed by atoms with Crippen molar-refractivity contribution in [3.05, 3.63) is 41.0 Å². The van der Waals surface area contributed by atoms with Crippen molar-refractivity contribution in [2.45, 2.75) is 6.42 Å². The minimum atomic E-state index is -0.885. The van der Waals surface area contributed by atoms with Gasteiger partial charge in [-0.3, -0.25) is 9.78 Å². The normalized spacial score (nSPS) is 10.5. The number of nitrogens with zero attached hydrogens (tertiary/aromatic N) is 1. The Morgan fingerprint density at radius 2 is 2.07 bits per heavy atom. The van der Waals surface area contributed by atoms with Crippen LogP contribution in [-0.2, 0) is 11.2 Å². The first-order chi connectivity index (χ1) is 7.15. The lowest BCUT2D eigenvalue weighted by Crippen LogP contribution is -2.01. The van der Waals surface area contributed by atoms with Crippen LogP contribution in [0, 0.1) is 0 Å². The average Bonchev–Trinajstić information content (AvgIpc) is 2.16. The van der Waals surface area contributed by atoms with E-state index >= 15 is 0 Å². The van der Waals surface area contributed by atoms with Gasteiger partial charge in [0.15, 0.2) is 0 Å². The first kappa shape index (κ1) is 9.93. The molecular formula is C11H8ClNO2. The average molecular weight is 222 g/mol. The molecule has 15 heavy (non-hydrogen) atoms. The first-order valence-electron chi connectivity index (χ1n) is 4.42. The van der Waals surface area contributed by atoms with Crippen LogP contribution in [0.15, 0.2) is 30.3 Å². The van der Waals surface area contributed by atoms with Gasteiger partial charge >= 0.3 is 5.97 Å². The largest absolute Gasteiger partial charge is 0.481 e. The molecule has 0 amide bonds. The van der Waals surface area contributed by atoms with Crippen LogP contribution in [0.4, 0.5) is 0 Å². The molecule has 0 aliphatic rings. The Morgan fingerprint density at radius 1 is 1.33 bits per heavy atom. The van der Waals surface area contributed by atoms with E-state index in [0.717, 1.165) is 10.9 Å². The third-order valence-corrected chi connectivity index (χ3v) is 2.28. The quantitative estimate of drug-likeness (QED) is 0.848. The van der Waals surface area contributed by atoms with E-state index in [-0.39, 0.29) is 6.42 Å². The van der Waals surface area contributed by atoms with Crippen LogP contribution in [0.2, 0.25) is 5.02 Å². The standard InChI is InChI=1S/C11H8ClNO2/c12-8-3-1-7-2-4-9(6-11(14)15)13-10(7)5-8/h1-5H,6H2,(H,14,15). The summed E-state index contributed by atoms with van der Waals surface area (Å²) in [6.07, 6.45) is -0.0670. The van der Waals surface area contributed by atoms with Crippen LogP contribution >= 0.6 is 11.6 Å². The molecule has 2 aromatic rings. The fourth-order valence-corrected chi connectivity index (χ4v) is 1.55. The highest BCUT2D eigenvalue weighted by Gasteiger charge is 2.03. The van der Waals surface area contributed by atoms with Crippen molar-refractivity contribution in [1.82, 2.24) is 4.98 Å². The van der Waals surface area contributed by atoms with Crippen molar-refractivity contribution in [3.63, 3.8) is 0 Å². The van der Waals surface area contributed by atoms with E-state index in [9.17, 15) is 4.79 Å². The van der Waals surface area contributed by atoms with Crippen LogP contribution in [0.3, 0.4) is 0 Å². The molecule has 0 unspecified atom stereocenters. The second-order valence-electron chi connectivity index (χ2n) is 3.21. The van der Waals surface area contributed by atoms with Crippen molar-refractivity contribution in [2.75, 3.05) is 0 Å². The van der Waals surface area contributed by atoms with Gasteiger partial charge in [-0.15, -0.1) is 0 Å². The molecule has 3 nitrogen and oxygen atoms in total. The van der Waals surface area contributed by atoms with Crippen LogP contribution < -0.4 is 0 Å². The van der Waals surface area contributed by atoms with Crippen molar-refractivity contribution < 1.29 is 9.90 Å². The van der Waals surface area contributed by atoms with Gasteiger partial charge in [-0.05, 0) is 18.2 Å². The summed E-state index contributed by atoms with van der Waals surface area (Å²) in [5.41, 5.74) is 1.26. The summed E-state index contributed by atoms with van der Waals surface area (Å²) in [4.78, 5) is 14.7. The van der Waals surface area contributed by atoms with E-state index in [4.69, 9.17) is 16.7 Å². The minimum absolute atomic E-state index is 0.0670. The van der Waals surface area contributed by atoms with Crippen LogP contribution in [0.5, 0.6) is 0 Å². The van der Waals surface area contributed by atoms with Crippen molar-refractivity contribution in [3.8, 4) is 0 Å². The van der Waals surface area contributed by atoms with Crippen molar-refractivity contribution in [2.24, 2.45) is 0 Å². The monoisotopic (exact) mass is 221 g/mol. The summed E-state index contributed by atoms with van der Waals surface area (Å²) < 4.78 is 0. The molecule has 0 saturated heterocycles. The number of pyridine rings is 1. The molecule has 1 aromatic heterocycles. The number of halogens is 1. The number of hydrogen-bond acceptors (Lipinski definition) is 2. The number of carbonyl (C=O) groups is 1. The molecule has 0 saturated carbocycles. The Kier molecular flexibility index (Phi) is 2.56. The third kappa shape index (κ3) is 2.25. The highest BCUT2D eigenvalue weighted by Crippen LogP contribution is 2.18. The molecule has 76 valence electrons. The highest BCUT2D eigenvalue weighted by molar-refractivity contribution is 6.31. The number of carboxylic acids is 1. The molecule has 0 atom stereocenters. The zero-order valence-electron chi connectivity index (χ0n) is 7.77. The number of aliphatic carboxylic acids is 1. The topological polar surface area (TPSA) is 50.2 Å². The number of hydrogen-bond donors (Lipinski definition) is 1. The van der Waals surface area contributed by atoms with Crippen molar-refractivity contribution in [1.29, 1.82) is 0 Å². The summed E-state index contributed by atoms with van der Waals surface area (Å²) in [5.74, 6) is -0.885. The maximum atomic E-state index is 10.5. The number of carboxylic acid groups (broad SMARTS) is 1. The Morgan fingerprint density at radius 3 is 2.80 bits per heavy atom. The van der Waals surface area contributed by atoms with E-state index in [2.05, 4.69) is 4.98 Å². The Balaban J connectivity index is 2.49. The minimum Gasteiger partial charge on any atom is -0.481 e. The number of rotatable bonds is 2. The lowest BCUT2D eigenvalue weighted by atomic mass is 10.2. The molecular weight excluding hydrogens is 214 g/mol.